The maximum atomic E-state index is 12.5. The highest BCUT2D eigenvalue weighted by Crippen LogP contribution is 2.40. The number of hydrogen-bond acceptors (Lipinski definition) is 5. The molecule has 1 saturated carbocycles. The summed E-state index contributed by atoms with van der Waals surface area (Å²) in [4.78, 5) is 18.8. The minimum atomic E-state index is -0.0190. The Kier molecular flexibility index (Phi) is 3.74. The van der Waals surface area contributed by atoms with Gasteiger partial charge in [0.25, 0.3) is 0 Å². The Bertz CT molecular complexity index is 488. The van der Waals surface area contributed by atoms with E-state index < -0.39 is 0 Å². The number of aromatic nitrogens is 2. The third-order valence-electron chi connectivity index (χ3n) is 4.05. The standard InChI is InChI=1S/C14H21N3O3/c1-3-12-15-13(16-20-12)10-6-5-7-17(10)14(18)9-8-11(9)19-4-2/h9-11H,3-8H2,1-2H3. The molecule has 6 nitrogen and oxygen atoms in total. The first-order chi connectivity index (χ1) is 9.74. The SMILES string of the molecule is CCOC1CC1C(=O)N1CCCC1c1noc(CC)n1. The minimum absolute atomic E-state index is 0.0190. The van der Waals surface area contributed by atoms with Crippen molar-refractivity contribution in [2.75, 3.05) is 13.2 Å². The highest BCUT2D eigenvalue weighted by Gasteiger charge is 2.48. The Labute approximate surface area is 118 Å². The van der Waals surface area contributed by atoms with Gasteiger partial charge in [-0.1, -0.05) is 12.1 Å². The van der Waals surface area contributed by atoms with Crippen molar-refractivity contribution >= 4 is 5.91 Å². The van der Waals surface area contributed by atoms with Gasteiger partial charge >= 0.3 is 0 Å². The van der Waals surface area contributed by atoms with Gasteiger partial charge in [0.2, 0.25) is 11.8 Å². The third-order valence-corrected chi connectivity index (χ3v) is 4.05. The smallest absolute Gasteiger partial charge is 0.229 e. The summed E-state index contributed by atoms with van der Waals surface area (Å²) in [6.07, 6.45) is 3.61. The average Bonchev–Trinajstić information content (AvgIpc) is 2.91. The van der Waals surface area contributed by atoms with Crippen molar-refractivity contribution in [3.8, 4) is 0 Å². The molecule has 2 aliphatic rings. The van der Waals surface area contributed by atoms with Gasteiger partial charge in [0, 0.05) is 19.6 Å². The van der Waals surface area contributed by atoms with Crippen molar-refractivity contribution in [1.29, 1.82) is 0 Å². The number of carbonyl (C=O) groups is 1. The molecular formula is C14H21N3O3. The minimum Gasteiger partial charge on any atom is -0.378 e. The normalized spacial score (nSPS) is 28.9. The summed E-state index contributed by atoms with van der Waals surface area (Å²) in [5.41, 5.74) is 0. The van der Waals surface area contributed by atoms with Crippen LogP contribution >= 0.6 is 0 Å². The van der Waals surface area contributed by atoms with Crippen LogP contribution in [0.3, 0.4) is 0 Å². The molecule has 0 aromatic carbocycles. The Morgan fingerprint density at radius 1 is 1.50 bits per heavy atom. The van der Waals surface area contributed by atoms with Crippen molar-refractivity contribution in [2.45, 2.75) is 51.7 Å². The lowest BCUT2D eigenvalue weighted by molar-refractivity contribution is -0.134. The van der Waals surface area contributed by atoms with E-state index in [1.807, 2.05) is 18.7 Å². The summed E-state index contributed by atoms with van der Waals surface area (Å²) in [6, 6.07) is -0.0190. The van der Waals surface area contributed by atoms with Gasteiger partial charge in [-0.05, 0) is 26.2 Å². The van der Waals surface area contributed by atoms with Crippen molar-refractivity contribution in [2.24, 2.45) is 5.92 Å². The molecule has 3 unspecified atom stereocenters. The molecule has 3 atom stereocenters. The fourth-order valence-corrected chi connectivity index (χ4v) is 2.89. The number of likely N-dealkylation sites (tertiary alicyclic amines) is 1. The maximum Gasteiger partial charge on any atom is 0.229 e. The first kappa shape index (κ1) is 13.5. The lowest BCUT2D eigenvalue weighted by Gasteiger charge is -2.22. The van der Waals surface area contributed by atoms with E-state index in [0.29, 0.717) is 18.3 Å². The second kappa shape index (κ2) is 5.52. The topological polar surface area (TPSA) is 68.5 Å². The Hall–Kier alpha value is -1.43. The summed E-state index contributed by atoms with van der Waals surface area (Å²) in [5, 5.41) is 4.03. The highest BCUT2D eigenvalue weighted by atomic mass is 16.5. The van der Waals surface area contributed by atoms with Gasteiger partial charge in [0.15, 0.2) is 5.82 Å². The van der Waals surface area contributed by atoms with Gasteiger partial charge in [-0.25, -0.2) is 0 Å². The van der Waals surface area contributed by atoms with Gasteiger partial charge in [-0.3, -0.25) is 4.79 Å². The van der Waals surface area contributed by atoms with Crippen LogP contribution in [-0.4, -0.2) is 40.2 Å². The van der Waals surface area contributed by atoms with Gasteiger partial charge < -0.3 is 14.2 Å². The molecule has 1 saturated heterocycles. The van der Waals surface area contributed by atoms with E-state index >= 15 is 0 Å². The molecule has 2 fully saturated rings. The molecule has 3 rings (SSSR count). The second-order valence-corrected chi connectivity index (χ2v) is 5.43. The Morgan fingerprint density at radius 3 is 3.05 bits per heavy atom. The van der Waals surface area contributed by atoms with Crippen LogP contribution in [0.25, 0.3) is 0 Å². The number of rotatable bonds is 5. The monoisotopic (exact) mass is 279 g/mol. The van der Waals surface area contributed by atoms with Crippen LogP contribution < -0.4 is 0 Å². The van der Waals surface area contributed by atoms with E-state index in [4.69, 9.17) is 9.26 Å². The fourth-order valence-electron chi connectivity index (χ4n) is 2.89. The summed E-state index contributed by atoms with van der Waals surface area (Å²) < 4.78 is 10.7. The van der Waals surface area contributed by atoms with Crippen molar-refractivity contribution in [1.82, 2.24) is 15.0 Å². The van der Waals surface area contributed by atoms with Crippen LogP contribution in [0.15, 0.2) is 4.52 Å². The third kappa shape index (κ3) is 2.44. The summed E-state index contributed by atoms with van der Waals surface area (Å²) >= 11 is 0. The van der Waals surface area contributed by atoms with E-state index in [2.05, 4.69) is 10.1 Å². The van der Waals surface area contributed by atoms with E-state index in [0.717, 1.165) is 32.2 Å². The summed E-state index contributed by atoms with van der Waals surface area (Å²) in [5.74, 6) is 1.51. The number of nitrogens with zero attached hydrogens (tertiary/aromatic N) is 3. The molecule has 2 heterocycles. The van der Waals surface area contributed by atoms with Crippen molar-refractivity contribution in [3.05, 3.63) is 11.7 Å². The molecule has 0 radical (unpaired) electrons. The van der Waals surface area contributed by atoms with E-state index in [1.54, 1.807) is 0 Å². The quantitative estimate of drug-likeness (QED) is 0.821. The van der Waals surface area contributed by atoms with Gasteiger partial charge in [0.1, 0.15) is 0 Å². The van der Waals surface area contributed by atoms with Crippen molar-refractivity contribution < 1.29 is 14.1 Å². The lowest BCUT2D eigenvalue weighted by Crippen LogP contribution is -2.33. The molecule has 1 amide bonds. The Morgan fingerprint density at radius 2 is 2.35 bits per heavy atom. The molecule has 0 N–H and O–H groups in total. The fraction of sp³-hybridized carbons (Fsp3) is 0.786. The number of amides is 1. The van der Waals surface area contributed by atoms with Crippen LogP contribution in [0.2, 0.25) is 0 Å². The van der Waals surface area contributed by atoms with Crippen LogP contribution in [0.4, 0.5) is 0 Å². The van der Waals surface area contributed by atoms with Crippen LogP contribution in [-0.2, 0) is 16.0 Å². The first-order valence-electron chi connectivity index (χ1n) is 7.49. The van der Waals surface area contributed by atoms with Gasteiger partial charge in [0.05, 0.1) is 18.1 Å². The molecule has 0 spiro atoms. The molecule has 20 heavy (non-hydrogen) atoms. The van der Waals surface area contributed by atoms with E-state index in [-0.39, 0.29) is 24.0 Å². The number of ether oxygens (including phenoxy) is 1. The number of carbonyl (C=O) groups excluding carboxylic acids is 1. The first-order valence-corrected chi connectivity index (χ1v) is 7.49. The predicted octanol–water partition coefficient (Wildman–Crippen LogP) is 1.72. The molecule has 110 valence electrons. The van der Waals surface area contributed by atoms with Crippen LogP contribution in [0.1, 0.15) is 50.9 Å². The summed E-state index contributed by atoms with van der Waals surface area (Å²) in [7, 11) is 0. The maximum absolute atomic E-state index is 12.5. The largest absolute Gasteiger partial charge is 0.378 e. The molecule has 1 aromatic rings. The zero-order valence-electron chi connectivity index (χ0n) is 12.0. The molecule has 1 aliphatic carbocycles. The van der Waals surface area contributed by atoms with Gasteiger partial charge in [-0.2, -0.15) is 4.98 Å². The van der Waals surface area contributed by atoms with Crippen molar-refractivity contribution in [3.63, 3.8) is 0 Å². The second-order valence-electron chi connectivity index (χ2n) is 5.43. The average molecular weight is 279 g/mol. The summed E-state index contributed by atoms with van der Waals surface area (Å²) in [6.45, 7) is 5.40. The zero-order chi connectivity index (χ0) is 14.1. The highest BCUT2D eigenvalue weighted by molar-refractivity contribution is 5.82. The van der Waals surface area contributed by atoms with Crippen LogP contribution in [0.5, 0.6) is 0 Å². The predicted molar refractivity (Wildman–Crippen MR) is 70.9 cm³/mol. The zero-order valence-corrected chi connectivity index (χ0v) is 12.0. The molecule has 1 aromatic heterocycles. The Balaban J connectivity index is 1.68. The van der Waals surface area contributed by atoms with Crippen LogP contribution in [0, 0.1) is 5.92 Å². The molecule has 6 heteroatoms. The van der Waals surface area contributed by atoms with E-state index in [9.17, 15) is 4.79 Å². The lowest BCUT2D eigenvalue weighted by atomic mass is 10.2. The molecule has 0 bridgehead atoms. The number of hydrogen-bond donors (Lipinski definition) is 0. The molecular weight excluding hydrogens is 258 g/mol. The van der Waals surface area contributed by atoms with Gasteiger partial charge in [-0.15, -0.1) is 0 Å². The van der Waals surface area contributed by atoms with E-state index in [1.165, 1.54) is 0 Å². The molecule has 1 aliphatic heterocycles. The number of aryl methyl sites for hydroxylation is 1.